The lowest BCUT2D eigenvalue weighted by Crippen LogP contribution is -2.32. The second kappa shape index (κ2) is 7.32. The van der Waals surface area contributed by atoms with Gasteiger partial charge in [0.2, 0.25) is 10.0 Å². The predicted molar refractivity (Wildman–Crippen MR) is 93.7 cm³/mol. The molecule has 1 aliphatic carbocycles. The zero-order valence-electron chi connectivity index (χ0n) is 14.4. The maximum atomic E-state index is 11.7. The zero-order valence-corrected chi connectivity index (χ0v) is 15.2. The van der Waals surface area contributed by atoms with Crippen molar-refractivity contribution in [2.75, 3.05) is 6.54 Å². The van der Waals surface area contributed by atoms with E-state index in [0.717, 1.165) is 36.8 Å². The van der Waals surface area contributed by atoms with Crippen LogP contribution in [-0.2, 0) is 22.0 Å². The molecule has 0 amide bonds. The molecule has 0 atom stereocenters. The van der Waals surface area contributed by atoms with Crippen LogP contribution in [0.25, 0.3) is 0 Å². The molecule has 0 spiro atoms. The summed E-state index contributed by atoms with van der Waals surface area (Å²) >= 11 is 0. The second-order valence-electron chi connectivity index (χ2n) is 7.15. The van der Waals surface area contributed by atoms with Crippen molar-refractivity contribution in [2.45, 2.75) is 63.7 Å². The van der Waals surface area contributed by atoms with Crippen LogP contribution < -0.4 is 4.72 Å². The van der Waals surface area contributed by atoms with E-state index in [4.69, 9.17) is 0 Å². The van der Waals surface area contributed by atoms with E-state index >= 15 is 0 Å². The van der Waals surface area contributed by atoms with Crippen LogP contribution in [0.1, 0.15) is 57.6 Å². The molecule has 0 bridgehead atoms. The van der Waals surface area contributed by atoms with Crippen molar-refractivity contribution in [1.29, 1.82) is 0 Å². The minimum atomic E-state index is -3.20. The zero-order chi connectivity index (χ0) is 17.1. The Hall–Kier alpha value is -0.910. The Bertz CT molecular complexity index is 600. The van der Waals surface area contributed by atoms with Gasteiger partial charge in [0.05, 0.1) is 10.9 Å². The molecule has 5 heteroatoms. The third-order valence-corrected chi connectivity index (χ3v) is 6.78. The van der Waals surface area contributed by atoms with Crippen molar-refractivity contribution in [1.82, 2.24) is 4.72 Å². The highest BCUT2D eigenvalue weighted by Crippen LogP contribution is 2.39. The Balaban J connectivity index is 1.92. The minimum absolute atomic E-state index is 0.404. The van der Waals surface area contributed by atoms with Crippen LogP contribution in [0.3, 0.4) is 0 Å². The first-order valence-corrected chi connectivity index (χ1v) is 10.1. The summed E-state index contributed by atoms with van der Waals surface area (Å²) < 4.78 is 26.0. The fourth-order valence-corrected chi connectivity index (χ4v) is 3.73. The smallest absolute Gasteiger partial charge is 0.213 e. The molecule has 2 N–H and O–H groups in total. The van der Waals surface area contributed by atoms with Gasteiger partial charge in [-0.1, -0.05) is 31.2 Å². The van der Waals surface area contributed by atoms with Crippen LogP contribution in [-0.4, -0.2) is 25.3 Å². The Morgan fingerprint density at radius 2 is 1.78 bits per heavy atom. The van der Waals surface area contributed by atoms with Crippen molar-refractivity contribution >= 4 is 10.0 Å². The third kappa shape index (κ3) is 4.78. The molecule has 4 nitrogen and oxygen atoms in total. The molecule has 1 aromatic rings. The average molecular weight is 340 g/mol. The summed E-state index contributed by atoms with van der Waals surface area (Å²) in [5.41, 5.74) is 1.37. The summed E-state index contributed by atoms with van der Waals surface area (Å²) in [6.45, 7) is 5.98. The Labute approximate surface area is 140 Å². The lowest BCUT2D eigenvalue weighted by molar-refractivity contribution is -0.0120. The number of hydrogen-bond donors (Lipinski definition) is 2. The molecule has 0 radical (unpaired) electrons. The van der Waals surface area contributed by atoms with Gasteiger partial charge < -0.3 is 5.11 Å². The monoisotopic (exact) mass is 339 g/mol. The lowest BCUT2D eigenvalue weighted by atomic mass is 9.76. The van der Waals surface area contributed by atoms with E-state index in [2.05, 4.69) is 11.6 Å². The van der Waals surface area contributed by atoms with Crippen LogP contribution in [0.2, 0.25) is 0 Å². The molecule has 1 aliphatic rings. The van der Waals surface area contributed by atoms with E-state index in [1.807, 2.05) is 24.3 Å². The first kappa shape index (κ1) is 18.4. The number of benzene rings is 1. The number of nitrogens with one attached hydrogen (secondary N) is 1. The van der Waals surface area contributed by atoms with E-state index < -0.39 is 20.9 Å². The van der Waals surface area contributed by atoms with Crippen molar-refractivity contribution in [2.24, 2.45) is 5.92 Å². The summed E-state index contributed by atoms with van der Waals surface area (Å²) in [7, 11) is -3.20. The molecule has 0 unspecified atom stereocenters. The van der Waals surface area contributed by atoms with Gasteiger partial charge in [0.1, 0.15) is 0 Å². The van der Waals surface area contributed by atoms with Gasteiger partial charge in [-0.25, -0.2) is 13.1 Å². The number of rotatable bonds is 6. The molecule has 1 aromatic carbocycles. The highest BCUT2D eigenvalue weighted by molar-refractivity contribution is 7.90. The van der Waals surface area contributed by atoms with Gasteiger partial charge in [-0.3, -0.25) is 0 Å². The highest BCUT2D eigenvalue weighted by atomic mass is 32.2. The first-order chi connectivity index (χ1) is 10.7. The number of hydrogen-bond acceptors (Lipinski definition) is 3. The standard InChI is InChI=1S/C18H29NO3S/c1-14(2)23(21,22)19-13-10-16-4-6-17(7-5-16)18(20)11-8-15(3)9-12-18/h4-7,14-15,19-20H,8-13H2,1-3H3. The third-order valence-electron chi connectivity index (χ3n) is 4.93. The summed E-state index contributed by atoms with van der Waals surface area (Å²) in [6.07, 6.45) is 4.43. The maximum Gasteiger partial charge on any atom is 0.213 e. The van der Waals surface area contributed by atoms with Gasteiger partial charge in [-0.2, -0.15) is 0 Å². The van der Waals surface area contributed by atoms with Crippen LogP contribution in [0, 0.1) is 5.92 Å². The van der Waals surface area contributed by atoms with Crippen LogP contribution in [0.5, 0.6) is 0 Å². The summed E-state index contributed by atoms with van der Waals surface area (Å²) in [6, 6.07) is 7.97. The molecule has 130 valence electrons. The summed E-state index contributed by atoms with van der Waals surface area (Å²) in [5.74, 6) is 0.698. The Morgan fingerprint density at radius 1 is 1.22 bits per heavy atom. The quantitative estimate of drug-likeness (QED) is 0.837. The van der Waals surface area contributed by atoms with E-state index in [1.165, 1.54) is 0 Å². The molecule has 1 saturated carbocycles. The van der Waals surface area contributed by atoms with Crippen LogP contribution in [0.4, 0.5) is 0 Å². The molecule has 23 heavy (non-hydrogen) atoms. The van der Waals surface area contributed by atoms with Gasteiger partial charge in [-0.15, -0.1) is 0 Å². The molecule has 0 heterocycles. The maximum absolute atomic E-state index is 11.7. The molecular weight excluding hydrogens is 310 g/mol. The van der Waals surface area contributed by atoms with E-state index in [1.54, 1.807) is 13.8 Å². The van der Waals surface area contributed by atoms with Gasteiger partial charge >= 0.3 is 0 Å². The fourth-order valence-electron chi connectivity index (χ4n) is 3.01. The van der Waals surface area contributed by atoms with Gasteiger partial charge in [-0.05, 0) is 63.0 Å². The van der Waals surface area contributed by atoms with E-state index in [-0.39, 0.29) is 0 Å². The summed E-state index contributed by atoms with van der Waals surface area (Å²) in [4.78, 5) is 0. The molecule has 1 fully saturated rings. The molecule has 0 aliphatic heterocycles. The average Bonchev–Trinajstić information content (AvgIpc) is 2.51. The van der Waals surface area contributed by atoms with Crippen LogP contribution in [0.15, 0.2) is 24.3 Å². The Morgan fingerprint density at radius 3 is 2.30 bits per heavy atom. The van der Waals surface area contributed by atoms with Crippen molar-refractivity contribution in [3.05, 3.63) is 35.4 Å². The second-order valence-corrected chi connectivity index (χ2v) is 9.47. The first-order valence-electron chi connectivity index (χ1n) is 8.53. The fraction of sp³-hybridized carbons (Fsp3) is 0.667. The van der Waals surface area contributed by atoms with Gasteiger partial charge in [0.15, 0.2) is 0 Å². The largest absolute Gasteiger partial charge is 0.385 e. The molecule has 0 saturated heterocycles. The SMILES string of the molecule is CC1CCC(O)(c2ccc(CCNS(=O)(=O)C(C)C)cc2)CC1. The molecular formula is C18H29NO3S. The van der Waals surface area contributed by atoms with Gasteiger partial charge in [0, 0.05) is 6.54 Å². The molecule has 2 rings (SSSR count). The topological polar surface area (TPSA) is 66.4 Å². The normalized spacial score (nSPS) is 25.7. The summed E-state index contributed by atoms with van der Waals surface area (Å²) in [5, 5.41) is 10.4. The van der Waals surface area contributed by atoms with Gasteiger partial charge in [0.25, 0.3) is 0 Å². The Kier molecular flexibility index (Phi) is 5.87. The highest BCUT2D eigenvalue weighted by Gasteiger charge is 2.33. The van der Waals surface area contributed by atoms with Crippen LogP contribution >= 0.6 is 0 Å². The number of aliphatic hydroxyl groups is 1. The van der Waals surface area contributed by atoms with Crippen molar-refractivity contribution < 1.29 is 13.5 Å². The molecule has 0 aromatic heterocycles. The minimum Gasteiger partial charge on any atom is -0.385 e. The van der Waals surface area contributed by atoms with Crippen molar-refractivity contribution in [3.63, 3.8) is 0 Å². The van der Waals surface area contributed by atoms with E-state index in [9.17, 15) is 13.5 Å². The van der Waals surface area contributed by atoms with Crippen molar-refractivity contribution in [3.8, 4) is 0 Å². The lowest BCUT2D eigenvalue weighted by Gasteiger charge is -2.35. The number of sulfonamides is 1. The predicted octanol–water partition coefficient (Wildman–Crippen LogP) is 2.95. The van der Waals surface area contributed by atoms with E-state index in [0.29, 0.717) is 18.9 Å².